The van der Waals surface area contributed by atoms with Crippen LogP contribution < -0.4 is 0 Å². The second kappa shape index (κ2) is 2.25. The van der Waals surface area contributed by atoms with E-state index in [1.807, 2.05) is 0 Å². The third-order valence-corrected chi connectivity index (χ3v) is 2.35. The van der Waals surface area contributed by atoms with Crippen molar-refractivity contribution < 1.29 is 0 Å². The van der Waals surface area contributed by atoms with Gasteiger partial charge in [-0.3, -0.25) is 0 Å². The second-order valence-corrected chi connectivity index (χ2v) is 3.49. The van der Waals surface area contributed by atoms with Crippen LogP contribution in [0.4, 0.5) is 0 Å². The standard InChI is InChI=1S/C8H12N2/c9-3-8-5-10(6-8)4-7-1-2-7/h7-8H,1-2,4-6H2. The maximum absolute atomic E-state index is 8.48. The molecule has 10 heavy (non-hydrogen) atoms. The summed E-state index contributed by atoms with van der Waals surface area (Å²) in [6, 6.07) is 2.28. The predicted octanol–water partition coefficient (Wildman–Crippen LogP) is 0.852. The summed E-state index contributed by atoms with van der Waals surface area (Å²) in [7, 11) is 0. The summed E-state index contributed by atoms with van der Waals surface area (Å²) < 4.78 is 0. The Morgan fingerprint density at radius 2 is 2.10 bits per heavy atom. The molecular weight excluding hydrogens is 124 g/mol. The van der Waals surface area contributed by atoms with Crippen LogP contribution in [0.3, 0.4) is 0 Å². The third kappa shape index (κ3) is 1.15. The first-order valence-electron chi connectivity index (χ1n) is 4.00. The van der Waals surface area contributed by atoms with Gasteiger partial charge in [-0.05, 0) is 18.8 Å². The predicted molar refractivity (Wildman–Crippen MR) is 38.3 cm³/mol. The van der Waals surface area contributed by atoms with E-state index >= 15 is 0 Å². The zero-order chi connectivity index (χ0) is 6.97. The van der Waals surface area contributed by atoms with Gasteiger partial charge in [-0.15, -0.1) is 0 Å². The molecule has 1 heterocycles. The van der Waals surface area contributed by atoms with Gasteiger partial charge in [0.15, 0.2) is 0 Å². The van der Waals surface area contributed by atoms with Crippen molar-refractivity contribution in [2.75, 3.05) is 19.6 Å². The molecule has 2 fully saturated rings. The molecule has 1 saturated carbocycles. The zero-order valence-electron chi connectivity index (χ0n) is 6.08. The van der Waals surface area contributed by atoms with Crippen LogP contribution >= 0.6 is 0 Å². The molecule has 2 nitrogen and oxygen atoms in total. The van der Waals surface area contributed by atoms with Gasteiger partial charge in [0.1, 0.15) is 0 Å². The quantitative estimate of drug-likeness (QED) is 0.562. The van der Waals surface area contributed by atoms with Crippen molar-refractivity contribution in [3.05, 3.63) is 0 Å². The summed E-state index contributed by atoms with van der Waals surface area (Å²) in [5.41, 5.74) is 0. The van der Waals surface area contributed by atoms with Crippen molar-refractivity contribution in [1.82, 2.24) is 4.90 Å². The molecule has 1 saturated heterocycles. The van der Waals surface area contributed by atoms with Gasteiger partial charge < -0.3 is 4.90 Å². The Labute approximate surface area is 61.4 Å². The van der Waals surface area contributed by atoms with Crippen molar-refractivity contribution in [3.63, 3.8) is 0 Å². The normalized spacial score (nSPS) is 27.5. The molecule has 0 bridgehead atoms. The van der Waals surface area contributed by atoms with E-state index in [1.54, 1.807) is 0 Å². The van der Waals surface area contributed by atoms with Crippen molar-refractivity contribution in [2.24, 2.45) is 11.8 Å². The Morgan fingerprint density at radius 3 is 2.60 bits per heavy atom. The molecule has 0 atom stereocenters. The Balaban J connectivity index is 1.66. The van der Waals surface area contributed by atoms with Crippen molar-refractivity contribution in [3.8, 4) is 6.07 Å². The van der Waals surface area contributed by atoms with E-state index in [-0.39, 0.29) is 0 Å². The van der Waals surface area contributed by atoms with Crippen LogP contribution in [-0.4, -0.2) is 24.5 Å². The van der Waals surface area contributed by atoms with Crippen molar-refractivity contribution >= 4 is 0 Å². The molecule has 0 aromatic carbocycles. The van der Waals surface area contributed by atoms with Gasteiger partial charge in [-0.2, -0.15) is 5.26 Å². The Bertz CT molecular complexity index is 161. The topological polar surface area (TPSA) is 27.0 Å². The first kappa shape index (κ1) is 6.18. The largest absolute Gasteiger partial charge is 0.300 e. The number of rotatable bonds is 2. The average Bonchev–Trinajstić information content (AvgIpc) is 2.60. The SMILES string of the molecule is N#CC1CN(CC2CC2)C1. The van der Waals surface area contributed by atoms with E-state index < -0.39 is 0 Å². The van der Waals surface area contributed by atoms with Gasteiger partial charge in [0.25, 0.3) is 0 Å². The molecule has 54 valence electrons. The number of nitriles is 1. The minimum absolute atomic E-state index is 0.346. The smallest absolute Gasteiger partial charge is 0.0717 e. The molecule has 0 radical (unpaired) electrons. The molecule has 2 aliphatic rings. The highest BCUT2D eigenvalue weighted by Gasteiger charge is 2.31. The summed E-state index contributed by atoms with van der Waals surface area (Å²) >= 11 is 0. The van der Waals surface area contributed by atoms with Crippen LogP contribution in [-0.2, 0) is 0 Å². The molecule has 2 heteroatoms. The fourth-order valence-corrected chi connectivity index (χ4v) is 1.47. The van der Waals surface area contributed by atoms with Gasteiger partial charge in [-0.1, -0.05) is 0 Å². The molecule has 0 unspecified atom stereocenters. The molecule has 1 aliphatic carbocycles. The molecule has 2 rings (SSSR count). The molecule has 0 aromatic heterocycles. The highest BCUT2D eigenvalue weighted by molar-refractivity contribution is 4.96. The van der Waals surface area contributed by atoms with Crippen LogP contribution in [0.2, 0.25) is 0 Å². The van der Waals surface area contributed by atoms with Gasteiger partial charge in [-0.25, -0.2) is 0 Å². The van der Waals surface area contributed by atoms with Gasteiger partial charge in [0, 0.05) is 19.6 Å². The number of hydrogen-bond acceptors (Lipinski definition) is 2. The lowest BCUT2D eigenvalue weighted by Gasteiger charge is -2.35. The Hall–Kier alpha value is -0.550. The van der Waals surface area contributed by atoms with E-state index in [9.17, 15) is 0 Å². The van der Waals surface area contributed by atoms with Crippen LogP contribution in [0.15, 0.2) is 0 Å². The van der Waals surface area contributed by atoms with Gasteiger partial charge in [0.2, 0.25) is 0 Å². The van der Waals surface area contributed by atoms with Crippen LogP contribution in [0.1, 0.15) is 12.8 Å². The molecule has 0 N–H and O–H groups in total. The third-order valence-electron chi connectivity index (χ3n) is 2.35. The van der Waals surface area contributed by atoms with Crippen molar-refractivity contribution in [2.45, 2.75) is 12.8 Å². The van der Waals surface area contributed by atoms with Gasteiger partial charge in [0.05, 0.1) is 12.0 Å². The Morgan fingerprint density at radius 1 is 1.40 bits per heavy atom. The lowest BCUT2D eigenvalue weighted by atomic mass is 10.0. The van der Waals surface area contributed by atoms with E-state index in [2.05, 4.69) is 11.0 Å². The molecule has 1 aliphatic heterocycles. The first-order valence-corrected chi connectivity index (χ1v) is 4.00. The van der Waals surface area contributed by atoms with E-state index in [4.69, 9.17) is 5.26 Å². The maximum atomic E-state index is 8.48. The summed E-state index contributed by atoms with van der Waals surface area (Å²) in [5.74, 6) is 1.33. The van der Waals surface area contributed by atoms with E-state index in [0.717, 1.165) is 19.0 Å². The first-order chi connectivity index (χ1) is 4.88. The Kier molecular flexibility index (Phi) is 1.39. The summed E-state index contributed by atoms with van der Waals surface area (Å²) in [6.07, 6.45) is 2.85. The monoisotopic (exact) mass is 136 g/mol. The minimum Gasteiger partial charge on any atom is -0.300 e. The minimum atomic E-state index is 0.346. The molecule has 0 amide bonds. The maximum Gasteiger partial charge on any atom is 0.0717 e. The lowest BCUT2D eigenvalue weighted by Crippen LogP contribution is -2.46. The average molecular weight is 136 g/mol. The number of hydrogen-bond donors (Lipinski definition) is 0. The van der Waals surface area contributed by atoms with Gasteiger partial charge >= 0.3 is 0 Å². The highest BCUT2D eigenvalue weighted by atomic mass is 15.2. The summed E-state index contributed by atoms with van der Waals surface area (Å²) in [6.45, 7) is 3.33. The number of nitrogens with zero attached hydrogens (tertiary/aromatic N) is 2. The van der Waals surface area contributed by atoms with Crippen LogP contribution in [0.25, 0.3) is 0 Å². The molecular formula is C8H12N2. The molecule has 0 aromatic rings. The van der Waals surface area contributed by atoms with Crippen molar-refractivity contribution in [1.29, 1.82) is 5.26 Å². The highest BCUT2D eigenvalue weighted by Crippen LogP contribution is 2.31. The van der Waals surface area contributed by atoms with E-state index in [0.29, 0.717) is 5.92 Å². The summed E-state index contributed by atoms with van der Waals surface area (Å²) in [4.78, 5) is 2.39. The number of likely N-dealkylation sites (tertiary alicyclic amines) is 1. The fraction of sp³-hybridized carbons (Fsp3) is 0.875. The second-order valence-electron chi connectivity index (χ2n) is 3.49. The zero-order valence-corrected chi connectivity index (χ0v) is 6.08. The van der Waals surface area contributed by atoms with Crippen LogP contribution in [0, 0.1) is 23.2 Å². The summed E-state index contributed by atoms with van der Waals surface area (Å²) in [5, 5.41) is 8.48. The van der Waals surface area contributed by atoms with Crippen LogP contribution in [0.5, 0.6) is 0 Å². The van der Waals surface area contributed by atoms with E-state index in [1.165, 1.54) is 19.4 Å². The molecule has 0 spiro atoms. The fourth-order valence-electron chi connectivity index (χ4n) is 1.47. The lowest BCUT2D eigenvalue weighted by molar-refractivity contribution is 0.129.